The summed E-state index contributed by atoms with van der Waals surface area (Å²) >= 11 is 0. The van der Waals surface area contributed by atoms with E-state index in [0.717, 1.165) is 44.6 Å². The van der Waals surface area contributed by atoms with E-state index in [1.165, 1.54) is 50.7 Å². The Morgan fingerprint density at radius 2 is 1.40 bits per heavy atom. The van der Waals surface area contributed by atoms with E-state index in [2.05, 4.69) is 127 Å². The quantitative estimate of drug-likeness (QED) is 0.240. The number of hydrogen-bond acceptors (Lipinski definition) is 4. The monoisotopic (exact) mass is 552 g/mol. The second kappa shape index (κ2) is 10.3. The maximum Gasteiger partial charge on any atom is 0.0508 e. The largest absolute Gasteiger partial charge is 0.341 e. The fraction of sp³-hybridized carbons (Fsp3) is 0.316. The van der Waals surface area contributed by atoms with E-state index in [1.54, 1.807) is 0 Å². The molecule has 4 heteroatoms. The van der Waals surface area contributed by atoms with Crippen LogP contribution in [0, 0.1) is 0 Å². The van der Waals surface area contributed by atoms with E-state index < -0.39 is 0 Å². The van der Waals surface area contributed by atoms with Crippen molar-refractivity contribution < 1.29 is 0 Å². The van der Waals surface area contributed by atoms with Crippen LogP contribution < -0.4 is 9.80 Å². The first-order valence-corrected chi connectivity index (χ1v) is 15.4. The minimum Gasteiger partial charge on any atom is -0.341 e. The van der Waals surface area contributed by atoms with E-state index in [4.69, 9.17) is 4.99 Å². The van der Waals surface area contributed by atoms with Crippen LogP contribution in [0.4, 0.5) is 22.7 Å². The molecule has 0 fully saturated rings. The summed E-state index contributed by atoms with van der Waals surface area (Å²) in [5, 5.41) is 0. The molecule has 0 N–H and O–H groups in total. The molecule has 1 unspecified atom stereocenters. The Morgan fingerprint density at radius 3 is 2.12 bits per heavy atom. The average molecular weight is 553 g/mol. The van der Waals surface area contributed by atoms with Crippen molar-refractivity contribution in [2.45, 2.75) is 57.8 Å². The molecular formula is C38H40N4. The third-order valence-corrected chi connectivity index (χ3v) is 9.31. The van der Waals surface area contributed by atoms with Crippen molar-refractivity contribution in [2.75, 3.05) is 29.4 Å². The number of allylic oxidation sites excluding steroid dienone is 1. The molecule has 3 aliphatic heterocycles. The molecule has 0 saturated heterocycles. The molecule has 4 nitrogen and oxygen atoms in total. The zero-order valence-electron chi connectivity index (χ0n) is 25.3. The van der Waals surface area contributed by atoms with Crippen LogP contribution in [0.1, 0.15) is 68.5 Å². The van der Waals surface area contributed by atoms with Gasteiger partial charge >= 0.3 is 0 Å². The molecule has 0 radical (unpaired) electrons. The van der Waals surface area contributed by atoms with Crippen LogP contribution in [0.25, 0.3) is 0 Å². The first-order chi connectivity index (χ1) is 20.4. The van der Waals surface area contributed by atoms with Gasteiger partial charge in [-0.1, -0.05) is 69.3 Å². The lowest BCUT2D eigenvalue weighted by Crippen LogP contribution is -2.43. The summed E-state index contributed by atoms with van der Waals surface area (Å²) in [6.45, 7) is 12.2. The number of aromatic nitrogens is 1. The van der Waals surface area contributed by atoms with Gasteiger partial charge in [-0.15, -0.1) is 0 Å². The molecule has 3 aromatic carbocycles. The number of aliphatic imine (C=N–C) groups is 1. The summed E-state index contributed by atoms with van der Waals surface area (Å²) in [6, 6.07) is 29.2. The predicted octanol–water partition coefficient (Wildman–Crippen LogP) is 8.67. The molecule has 4 aromatic rings. The van der Waals surface area contributed by atoms with Crippen LogP contribution in [0.5, 0.6) is 0 Å². The summed E-state index contributed by atoms with van der Waals surface area (Å²) in [5.41, 5.74) is 12.9. The predicted molar refractivity (Wildman–Crippen MR) is 176 cm³/mol. The number of nitrogens with zero attached hydrogens (tertiary/aromatic N) is 4. The van der Waals surface area contributed by atoms with Crippen molar-refractivity contribution in [1.82, 2.24) is 4.98 Å². The van der Waals surface area contributed by atoms with Crippen LogP contribution in [-0.4, -0.2) is 30.3 Å². The normalized spacial score (nSPS) is 18.7. The van der Waals surface area contributed by atoms with Crippen molar-refractivity contribution in [1.29, 1.82) is 0 Å². The van der Waals surface area contributed by atoms with Crippen LogP contribution >= 0.6 is 0 Å². The van der Waals surface area contributed by atoms with Gasteiger partial charge in [-0.2, -0.15) is 0 Å². The van der Waals surface area contributed by atoms with Gasteiger partial charge in [-0.25, -0.2) is 0 Å². The fourth-order valence-electron chi connectivity index (χ4n) is 7.39. The van der Waals surface area contributed by atoms with Gasteiger partial charge in [0.15, 0.2) is 0 Å². The van der Waals surface area contributed by atoms with Gasteiger partial charge in [-0.05, 0) is 77.9 Å². The summed E-state index contributed by atoms with van der Waals surface area (Å²) in [6.07, 6.45) is 9.24. The Labute approximate surface area is 250 Å². The van der Waals surface area contributed by atoms with Gasteiger partial charge < -0.3 is 9.80 Å². The summed E-state index contributed by atoms with van der Waals surface area (Å²) in [4.78, 5) is 14.6. The van der Waals surface area contributed by atoms with E-state index in [-0.39, 0.29) is 10.8 Å². The van der Waals surface area contributed by atoms with Crippen LogP contribution in [0.3, 0.4) is 0 Å². The third-order valence-electron chi connectivity index (χ3n) is 9.31. The Balaban J connectivity index is 1.44. The van der Waals surface area contributed by atoms with E-state index in [9.17, 15) is 0 Å². The number of dihydropyridines is 1. The van der Waals surface area contributed by atoms with Crippen molar-refractivity contribution in [3.8, 4) is 0 Å². The first kappa shape index (κ1) is 26.7. The summed E-state index contributed by atoms with van der Waals surface area (Å²) in [7, 11) is 0. The van der Waals surface area contributed by atoms with Gasteiger partial charge in [0, 0.05) is 78.4 Å². The van der Waals surface area contributed by atoms with Crippen molar-refractivity contribution in [2.24, 2.45) is 4.99 Å². The number of anilines is 4. The van der Waals surface area contributed by atoms with Gasteiger partial charge in [0.2, 0.25) is 0 Å². The number of pyridine rings is 1. The molecule has 0 saturated carbocycles. The molecule has 0 bridgehead atoms. The Hall–Kier alpha value is -4.18. The molecule has 4 heterocycles. The topological polar surface area (TPSA) is 31.7 Å². The van der Waals surface area contributed by atoms with E-state index >= 15 is 0 Å². The lowest BCUT2D eigenvalue weighted by atomic mass is 9.61. The maximum atomic E-state index is 4.82. The van der Waals surface area contributed by atoms with Crippen molar-refractivity contribution >= 4 is 28.5 Å². The number of benzene rings is 3. The van der Waals surface area contributed by atoms with E-state index in [0.29, 0.717) is 0 Å². The third kappa shape index (κ3) is 4.27. The zero-order chi connectivity index (χ0) is 28.9. The molecule has 0 amide bonds. The smallest absolute Gasteiger partial charge is 0.0508 e. The SMILES string of the molecule is CC(C)(C)c1cccc2c1C1(C)c3ccccc3N(CCC3=NCCC=C3)c3cccc(c31)N2CCc1ccccn1. The fourth-order valence-corrected chi connectivity index (χ4v) is 7.39. The molecule has 0 aliphatic carbocycles. The highest BCUT2D eigenvalue weighted by molar-refractivity contribution is 5.97. The molecule has 1 atom stereocenters. The Bertz CT molecular complexity index is 1690. The van der Waals surface area contributed by atoms with Gasteiger partial charge in [0.05, 0.1) is 5.41 Å². The highest BCUT2D eigenvalue weighted by Gasteiger charge is 2.49. The van der Waals surface area contributed by atoms with Gasteiger partial charge in [0.25, 0.3) is 0 Å². The Morgan fingerprint density at radius 1 is 0.738 bits per heavy atom. The van der Waals surface area contributed by atoms with Gasteiger partial charge in [-0.3, -0.25) is 9.98 Å². The molecule has 1 aromatic heterocycles. The van der Waals surface area contributed by atoms with E-state index in [1.807, 2.05) is 12.3 Å². The summed E-state index contributed by atoms with van der Waals surface area (Å²) < 4.78 is 0. The lowest BCUT2D eigenvalue weighted by molar-refractivity contribution is 0.555. The lowest BCUT2D eigenvalue weighted by Gasteiger charge is -2.52. The molecule has 3 aliphatic rings. The molecular weight excluding hydrogens is 512 g/mol. The first-order valence-electron chi connectivity index (χ1n) is 15.4. The van der Waals surface area contributed by atoms with Crippen LogP contribution in [0.15, 0.2) is 102 Å². The number of para-hydroxylation sites is 1. The molecule has 42 heavy (non-hydrogen) atoms. The standard InChI is InChI=1S/C38H40N4/c1-37(2,3)30-16-11-18-32-35(30)38(4)29-15-5-6-17-31(29)41(25-21-27-13-7-9-23-39-27)33-19-12-20-34(36(33)38)42(32)26-22-28-14-8-10-24-40-28/h5-8,10-20,24H,9,21-23,25-26H2,1-4H3. The van der Waals surface area contributed by atoms with Crippen molar-refractivity contribution in [3.63, 3.8) is 0 Å². The minimum atomic E-state index is -0.290. The summed E-state index contributed by atoms with van der Waals surface area (Å²) in [5.74, 6) is 0. The number of fused-ring (bicyclic) bond motifs is 4. The number of hydrogen-bond donors (Lipinski definition) is 0. The second-order valence-corrected chi connectivity index (χ2v) is 13.0. The molecule has 7 rings (SSSR count). The van der Waals surface area contributed by atoms with Crippen LogP contribution in [-0.2, 0) is 17.3 Å². The highest BCUT2D eigenvalue weighted by atomic mass is 15.2. The van der Waals surface area contributed by atoms with Gasteiger partial charge in [0.1, 0.15) is 0 Å². The second-order valence-electron chi connectivity index (χ2n) is 13.0. The van der Waals surface area contributed by atoms with Crippen molar-refractivity contribution in [3.05, 3.63) is 125 Å². The highest BCUT2D eigenvalue weighted by Crippen LogP contribution is 2.61. The minimum absolute atomic E-state index is 0.00893. The maximum absolute atomic E-state index is 4.82. The molecule has 212 valence electrons. The molecule has 0 spiro atoms. The zero-order valence-corrected chi connectivity index (χ0v) is 25.3. The Kier molecular flexibility index (Phi) is 6.53. The van der Waals surface area contributed by atoms with Crippen LogP contribution in [0.2, 0.25) is 0 Å². The number of rotatable bonds is 6. The average Bonchev–Trinajstić information content (AvgIpc) is 3.01.